The van der Waals surface area contributed by atoms with Gasteiger partial charge in [-0.15, -0.1) is 6.42 Å². The molecule has 3 rings (SSSR count). The van der Waals surface area contributed by atoms with Crippen LogP contribution in [0.4, 0.5) is 14.9 Å². The van der Waals surface area contributed by atoms with E-state index in [-0.39, 0.29) is 34.5 Å². The smallest absolute Gasteiger partial charge is 0.329 e. The number of ether oxygens (including phenoxy) is 2. The molecule has 0 aliphatic carbocycles. The third-order valence-corrected chi connectivity index (χ3v) is 4.56. The van der Waals surface area contributed by atoms with Crippen molar-refractivity contribution in [2.75, 3.05) is 25.6 Å². The molecule has 0 radical (unpaired) electrons. The number of methoxy groups -OCH3 is 1. The fourth-order valence-corrected chi connectivity index (χ4v) is 3.13. The molecule has 8 nitrogen and oxygen atoms in total. The average molecular weight is 458 g/mol. The second-order valence-corrected chi connectivity index (χ2v) is 6.84. The number of para-hydroxylation sites is 1. The number of hydrogen-bond acceptors (Lipinski definition) is 5. The van der Waals surface area contributed by atoms with Crippen LogP contribution in [0.15, 0.2) is 42.1 Å². The molecule has 4 amide bonds. The summed E-state index contributed by atoms with van der Waals surface area (Å²) < 4.78 is 24.3. The Morgan fingerprint density at radius 3 is 2.78 bits per heavy atom. The number of imide groups is 1. The Bertz CT molecular complexity index is 1160. The normalized spacial score (nSPS) is 14.2. The van der Waals surface area contributed by atoms with Crippen molar-refractivity contribution in [1.82, 2.24) is 10.2 Å². The van der Waals surface area contributed by atoms with Crippen molar-refractivity contribution in [2.45, 2.75) is 0 Å². The molecule has 0 unspecified atom stereocenters. The van der Waals surface area contributed by atoms with Gasteiger partial charge in [-0.05, 0) is 35.9 Å². The number of halogens is 2. The number of rotatable bonds is 7. The molecule has 0 spiro atoms. The maximum absolute atomic E-state index is 13.7. The molecule has 2 aromatic rings. The third-order valence-electron chi connectivity index (χ3n) is 4.27. The number of hydrogen-bond donors (Lipinski definition) is 2. The summed E-state index contributed by atoms with van der Waals surface area (Å²) >= 11 is 6.22. The minimum absolute atomic E-state index is 0.0189. The lowest BCUT2D eigenvalue weighted by Crippen LogP contribution is -2.38. The maximum Gasteiger partial charge on any atom is 0.329 e. The SMILES string of the molecule is C#CCOc1c(Cl)cc(/C=C2/NC(=O)N(CC(=O)Nc3ccccc3F)C2=O)cc1OC. The van der Waals surface area contributed by atoms with Gasteiger partial charge in [0.2, 0.25) is 5.91 Å². The highest BCUT2D eigenvalue weighted by molar-refractivity contribution is 6.32. The summed E-state index contributed by atoms with van der Waals surface area (Å²) in [5, 5.41) is 4.90. The summed E-state index contributed by atoms with van der Waals surface area (Å²) in [6.07, 6.45) is 6.55. The maximum atomic E-state index is 13.7. The Morgan fingerprint density at radius 1 is 1.34 bits per heavy atom. The van der Waals surface area contributed by atoms with Gasteiger partial charge in [-0.2, -0.15) is 0 Å². The van der Waals surface area contributed by atoms with E-state index in [1.165, 1.54) is 49.6 Å². The summed E-state index contributed by atoms with van der Waals surface area (Å²) in [7, 11) is 1.41. The molecule has 1 fully saturated rings. The van der Waals surface area contributed by atoms with Crippen LogP contribution in [0.1, 0.15) is 5.56 Å². The van der Waals surface area contributed by atoms with Gasteiger partial charge in [0.1, 0.15) is 24.7 Å². The number of benzene rings is 2. The van der Waals surface area contributed by atoms with Crippen molar-refractivity contribution in [3.63, 3.8) is 0 Å². The molecule has 0 saturated carbocycles. The van der Waals surface area contributed by atoms with E-state index in [4.69, 9.17) is 27.5 Å². The van der Waals surface area contributed by atoms with Crippen LogP contribution in [-0.2, 0) is 9.59 Å². The zero-order valence-corrected chi connectivity index (χ0v) is 17.5. The molecule has 164 valence electrons. The topological polar surface area (TPSA) is 97.0 Å². The van der Waals surface area contributed by atoms with E-state index in [1.807, 2.05) is 0 Å². The van der Waals surface area contributed by atoms with Crippen molar-refractivity contribution in [1.29, 1.82) is 0 Å². The van der Waals surface area contributed by atoms with Crippen LogP contribution in [0.2, 0.25) is 5.02 Å². The third kappa shape index (κ3) is 4.99. The molecule has 0 bridgehead atoms. The van der Waals surface area contributed by atoms with E-state index in [0.29, 0.717) is 10.5 Å². The van der Waals surface area contributed by atoms with Gasteiger partial charge in [-0.3, -0.25) is 9.59 Å². The lowest BCUT2D eigenvalue weighted by molar-refractivity contribution is -0.127. The van der Waals surface area contributed by atoms with Gasteiger partial charge in [0.15, 0.2) is 11.5 Å². The van der Waals surface area contributed by atoms with E-state index in [9.17, 15) is 18.8 Å². The summed E-state index contributed by atoms with van der Waals surface area (Å²) in [4.78, 5) is 37.7. The highest BCUT2D eigenvalue weighted by Gasteiger charge is 2.35. The van der Waals surface area contributed by atoms with E-state index in [0.717, 1.165) is 0 Å². The molecule has 1 aliphatic rings. The molecule has 32 heavy (non-hydrogen) atoms. The molecule has 2 aromatic carbocycles. The van der Waals surface area contributed by atoms with Crippen molar-refractivity contribution >= 4 is 41.2 Å². The first kappa shape index (κ1) is 22.7. The lowest BCUT2D eigenvalue weighted by Gasteiger charge is -2.12. The molecule has 1 saturated heterocycles. The highest BCUT2D eigenvalue weighted by atomic mass is 35.5. The summed E-state index contributed by atoms with van der Waals surface area (Å²) in [5.41, 5.74) is 0.291. The fraction of sp³-hybridized carbons (Fsp3) is 0.136. The predicted molar refractivity (Wildman–Crippen MR) is 116 cm³/mol. The molecular formula is C22H17ClFN3O5. The standard InChI is InChI=1S/C22H17ClFN3O5/c1-3-8-32-20-14(23)9-13(11-18(20)31-2)10-17-21(29)27(22(30)26-17)12-19(28)25-16-7-5-4-6-15(16)24/h1,4-7,9-11H,8,12H2,2H3,(H,25,28)(H,26,30)/b17-10+. The number of nitrogens with zero attached hydrogens (tertiary/aromatic N) is 1. The number of carbonyl (C=O) groups is 3. The number of carbonyl (C=O) groups excluding carboxylic acids is 3. The first-order valence-electron chi connectivity index (χ1n) is 9.16. The van der Waals surface area contributed by atoms with E-state index in [2.05, 4.69) is 16.6 Å². The molecule has 2 N–H and O–H groups in total. The number of terminal acetylenes is 1. The van der Waals surface area contributed by atoms with Crippen LogP contribution in [-0.4, -0.2) is 43.0 Å². The van der Waals surface area contributed by atoms with Gasteiger partial charge in [0.25, 0.3) is 5.91 Å². The number of urea groups is 1. The average Bonchev–Trinajstić information content (AvgIpc) is 3.01. The van der Waals surface area contributed by atoms with Gasteiger partial charge in [0, 0.05) is 0 Å². The van der Waals surface area contributed by atoms with Crippen molar-refractivity contribution in [3.05, 3.63) is 58.5 Å². The molecule has 10 heteroatoms. The predicted octanol–water partition coefficient (Wildman–Crippen LogP) is 3.03. The monoisotopic (exact) mass is 457 g/mol. The van der Waals surface area contributed by atoms with Crippen LogP contribution in [0.5, 0.6) is 11.5 Å². The Balaban J connectivity index is 1.76. The van der Waals surface area contributed by atoms with Crippen molar-refractivity contribution < 1.29 is 28.2 Å². The molecule has 0 atom stereocenters. The fourth-order valence-electron chi connectivity index (χ4n) is 2.85. The largest absolute Gasteiger partial charge is 0.493 e. The zero-order chi connectivity index (χ0) is 23.3. The quantitative estimate of drug-likeness (QED) is 0.378. The second-order valence-electron chi connectivity index (χ2n) is 6.43. The highest BCUT2D eigenvalue weighted by Crippen LogP contribution is 2.37. The van der Waals surface area contributed by atoms with Crippen LogP contribution in [0.3, 0.4) is 0 Å². The van der Waals surface area contributed by atoms with Crippen LogP contribution >= 0.6 is 11.6 Å². The minimum Gasteiger partial charge on any atom is -0.493 e. The summed E-state index contributed by atoms with van der Waals surface area (Å²) in [5.74, 6) is 0.721. The van der Waals surface area contributed by atoms with Gasteiger partial charge < -0.3 is 20.1 Å². The Morgan fingerprint density at radius 2 is 2.09 bits per heavy atom. The Kier molecular flexibility index (Phi) is 6.97. The Labute approximate surface area is 187 Å². The van der Waals surface area contributed by atoms with Gasteiger partial charge in [0.05, 0.1) is 17.8 Å². The van der Waals surface area contributed by atoms with Gasteiger partial charge >= 0.3 is 6.03 Å². The first-order valence-corrected chi connectivity index (χ1v) is 9.54. The van der Waals surface area contributed by atoms with Crippen molar-refractivity contribution in [2.24, 2.45) is 0 Å². The molecule has 1 heterocycles. The number of anilines is 1. The lowest BCUT2D eigenvalue weighted by atomic mass is 10.1. The molecular weight excluding hydrogens is 441 g/mol. The second kappa shape index (κ2) is 9.85. The van der Waals surface area contributed by atoms with Crippen LogP contribution in [0.25, 0.3) is 6.08 Å². The van der Waals surface area contributed by atoms with Crippen LogP contribution in [0, 0.1) is 18.2 Å². The summed E-state index contributed by atoms with van der Waals surface area (Å²) in [6.45, 7) is -0.617. The Hall–Kier alpha value is -4.03. The zero-order valence-electron chi connectivity index (χ0n) is 16.8. The van der Waals surface area contributed by atoms with Gasteiger partial charge in [-0.25, -0.2) is 14.1 Å². The van der Waals surface area contributed by atoms with Crippen LogP contribution < -0.4 is 20.1 Å². The van der Waals surface area contributed by atoms with E-state index in [1.54, 1.807) is 0 Å². The summed E-state index contributed by atoms with van der Waals surface area (Å²) in [6, 6.07) is 7.78. The number of nitrogens with one attached hydrogen (secondary N) is 2. The first-order chi connectivity index (χ1) is 15.3. The van der Waals surface area contributed by atoms with E-state index < -0.39 is 30.2 Å². The molecule has 0 aromatic heterocycles. The van der Waals surface area contributed by atoms with E-state index >= 15 is 0 Å². The minimum atomic E-state index is -0.794. The van der Waals surface area contributed by atoms with Crippen molar-refractivity contribution in [3.8, 4) is 23.8 Å². The molecule has 1 aliphatic heterocycles. The number of amides is 4. The van der Waals surface area contributed by atoms with Gasteiger partial charge in [-0.1, -0.05) is 29.7 Å².